The standard InChI is InChI=1S/C21H22N2O3/c1-16-14-21(23-26-16)25-15-20(24)22-13-12-19(17-8-4-2-5-9-17)18-10-6-3-7-11-18/h2-11,14,19H,12-13,15H2,1H3,(H,22,24). The van der Waals surface area contributed by atoms with E-state index in [4.69, 9.17) is 9.26 Å². The molecule has 5 heteroatoms. The summed E-state index contributed by atoms with van der Waals surface area (Å²) in [5.41, 5.74) is 2.48. The maximum atomic E-state index is 12.0. The van der Waals surface area contributed by atoms with Gasteiger partial charge in [0.25, 0.3) is 11.8 Å². The number of nitrogens with zero attached hydrogens (tertiary/aromatic N) is 1. The number of ether oxygens (including phenoxy) is 1. The minimum atomic E-state index is -0.175. The van der Waals surface area contributed by atoms with E-state index in [1.807, 2.05) is 36.4 Å². The zero-order valence-electron chi connectivity index (χ0n) is 14.7. The van der Waals surface area contributed by atoms with Crippen LogP contribution in [0.4, 0.5) is 0 Å². The average molecular weight is 350 g/mol. The first-order valence-corrected chi connectivity index (χ1v) is 8.65. The van der Waals surface area contributed by atoms with Crippen LogP contribution in [0.15, 0.2) is 71.3 Å². The summed E-state index contributed by atoms with van der Waals surface area (Å²) in [5.74, 6) is 1.03. The minimum absolute atomic E-state index is 0.0761. The Balaban J connectivity index is 1.54. The Bertz CT molecular complexity index is 776. The van der Waals surface area contributed by atoms with Gasteiger partial charge in [0, 0.05) is 18.5 Å². The van der Waals surface area contributed by atoms with Crippen molar-refractivity contribution in [3.8, 4) is 5.88 Å². The van der Waals surface area contributed by atoms with Crippen LogP contribution in [-0.2, 0) is 4.79 Å². The molecule has 0 aliphatic rings. The zero-order chi connectivity index (χ0) is 18.2. The Morgan fingerprint density at radius 1 is 1.08 bits per heavy atom. The van der Waals surface area contributed by atoms with Gasteiger partial charge in [0.2, 0.25) is 0 Å². The van der Waals surface area contributed by atoms with Crippen molar-refractivity contribution >= 4 is 5.91 Å². The number of rotatable bonds is 8. The van der Waals surface area contributed by atoms with Gasteiger partial charge >= 0.3 is 0 Å². The number of hydrogen-bond acceptors (Lipinski definition) is 4. The molecule has 0 aliphatic heterocycles. The average Bonchev–Trinajstić information content (AvgIpc) is 3.10. The molecule has 1 N–H and O–H groups in total. The van der Waals surface area contributed by atoms with E-state index in [0.717, 1.165) is 6.42 Å². The highest BCUT2D eigenvalue weighted by molar-refractivity contribution is 5.77. The maximum Gasteiger partial charge on any atom is 0.258 e. The van der Waals surface area contributed by atoms with E-state index in [1.54, 1.807) is 13.0 Å². The lowest BCUT2D eigenvalue weighted by Gasteiger charge is -2.18. The van der Waals surface area contributed by atoms with Crippen LogP contribution >= 0.6 is 0 Å². The summed E-state index contributed by atoms with van der Waals surface area (Å²) in [5, 5.41) is 6.61. The van der Waals surface area contributed by atoms with Gasteiger partial charge in [-0.25, -0.2) is 0 Å². The Morgan fingerprint density at radius 2 is 1.69 bits per heavy atom. The van der Waals surface area contributed by atoms with E-state index >= 15 is 0 Å². The van der Waals surface area contributed by atoms with E-state index in [0.29, 0.717) is 18.2 Å². The first-order valence-electron chi connectivity index (χ1n) is 8.65. The number of amides is 1. The second-order valence-corrected chi connectivity index (χ2v) is 6.08. The van der Waals surface area contributed by atoms with E-state index in [-0.39, 0.29) is 18.4 Å². The quantitative estimate of drug-likeness (QED) is 0.673. The molecule has 0 aliphatic carbocycles. The number of carbonyl (C=O) groups excluding carboxylic acids is 1. The van der Waals surface area contributed by atoms with Crippen molar-refractivity contribution in [3.63, 3.8) is 0 Å². The largest absolute Gasteiger partial charge is 0.465 e. The highest BCUT2D eigenvalue weighted by Gasteiger charge is 2.14. The molecule has 0 bridgehead atoms. The van der Waals surface area contributed by atoms with Gasteiger partial charge < -0.3 is 14.6 Å². The minimum Gasteiger partial charge on any atom is -0.465 e. The molecule has 134 valence electrons. The Morgan fingerprint density at radius 3 is 2.23 bits per heavy atom. The number of aryl methyl sites for hydroxylation is 1. The normalized spacial score (nSPS) is 10.7. The Labute approximate surface area is 153 Å². The fourth-order valence-corrected chi connectivity index (χ4v) is 2.85. The molecule has 1 amide bonds. The zero-order valence-corrected chi connectivity index (χ0v) is 14.7. The summed E-state index contributed by atoms with van der Waals surface area (Å²) < 4.78 is 10.2. The maximum absolute atomic E-state index is 12.0. The molecule has 2 aromatic carbocycles. The summed E-state index contributed by atoms with van der Waals surface area (Å²) >= 11 is 0. The van der Waals surface area contributed by atoms with E-state index in [2.05, 4.69) is 34.7 Å². The molecule has 1 heterocycles. The third-order valence-corrected chi connectivity index (χ3v) is 4.12. The highest BCUT2D eigenvalue weighted by Crippen LogP contribution is 2.27. The van der Waals surface area contributed by atoms with Crippen molar-refractivity contribution in [3.05, 3.63) is 83.6 Å². The number of aromatic nitrogens is 1. The number of benzene rings is 2. The van der Waals surface area contributed by atoms with Crippen molar-refractivity contribution in [1.82, 2.24) is 10.5 Å². The van der Waals surface area contributed by atoms with Gasteiger partial charge in [-0.05, 0) is 29.6 Å². The molecule has 1 aromatic heterocycles. The topological polar surface area (TPSA) is 64.4 Å². The van der Waals surface area contributed by atoms with Gasteiger partial charge in [-0.2, -0.15) is 0 Å². The van der Waals surface area contributed by atoms with Gasteiger partial charge in [0.15, 0.2) is 6.61 Å². The van der Waals surface area contributed by atoms with Crippen molar-refractivity contribution in [2.75, 3.05) is 13.2 Å². The molecular weight excluding hydrogens is 328 g/mol. The van der Waals surface area contributed by atoms with Crippen LogP contribution in [0.1, 0.15) is 29.2 Å². The van der Waals surface area contributed by atoms with Gasteiger partial charge in [-0.3, -0.25) is 4.79 Å². The fraction of sp³-hybridized carbons (Fsp3) is 0.238. The van der Waals surface area contributed by atoms with E-state index in [9.17, 15) is 4.79 Å². The van der Waals surface area contributed by atoms with Crippen molar-refractivity contribution in [1.29, 1.82) is 0 Å². The molecule has 0 atom stereocenters. The van der Waals surface area contributed by atoms with Crippen LogP contribution in [0.2, 0.25) is 0 Å². The predicted molar refractivity (Wildman–Crippen MR) is 99.1 cm³/mol. The first-order chi connectivity index (χ1) is 12.7. The number of hydrogen-bond donors (Lipinski definition) is 1. The summed E-state index contributed by atoms with van der Waals surface area (Å²) in [6, 6.07) is 22.3. The molecule has 5 nitrogen and oxygen atoms in total. The lowest BCUT2D eigenvalue weighted by molar-refractivity contribution is -0.123. The van der Waals surface area contributed by atoms with Gasteiger partial charge in [0.1, 0.15) is 5.76 Å². The second-order valence-electron chi connectivity index (χ2n) is 6.08. The predicted octanol–water partition coefficient (Wildman–Crippen LogP) is 3.70. The molecule has 0 spiro atoms. The molecule has 0 fully saturated rings. The van der Waals surface area contributed by atoms with Crippen LogP contribution in [0.25, 0.3) is 0 Å². The van der Waals surface area contributed by atoms with Crippen LogP contribution < -0.4 is 10.1 Å². The van der Waals surface area contributed by atoms with Crippen LogP contribution in [0, 0.1) is 6.92 Å². The van der Waals surface area contributed by atoms with Gasteiger partial charge in [-0.1, -0.05) is 60.7 Å². The lowest BCUT2D eigenvalue weighted by Crippen LogP contribution is -2.30. The van der Waals surface area contributed by atoms with Crippen molar-refractivity contribution in [2.24, 2.45) is 0 Å². The second kappa shape index (κ2) is 8.85. The third-order valence-electron chi connectivity index (χ3n) is 4.12. The molecule has 0 saturated carbocycles. The summed E-state index contributed by atoms with van der Waals surface area (Å²) in [7, 11) is 0. The summed E-state index contributed by atoms with van der Waals surface area (Å²) in [6.45, 7) is 2.26. The van der Waals surface area contributed by atoms with Gasteiger partial charge in [0.05, 0.1) is 0 Å². The molecule has 3 aromatic rings. The Kier molecular flexibility index (Phi) is 6.04. The SMILES string of the molecule is Cc1cc(OCC(=O)NCCC(c2ccccc2)c2ccccc2)no1. The molecule has 0 unspecified atom stereocenters. The highest BCUT2D eigenvalue weighted by atomic mass is 16.5. The molecule has 26 heavy (non-hydrogen) atoms. The first kappa shape index (κ1) is 17.7. The van der Waals surface area contributed by atoms with E-state index in [1.165, 1.54) is 11.1 Å². The molecular formula is C21H22N2O3. The summed E-state index contributed by atoms with van der Waals surface area (Å²) in [6.07, 6.45) is 0.808. The summed E-state index contributed by atoms with van der Waals surface area (Å²) in [4.78, 5) is 12.0. The third kappa shape index (κ3) is 4.96. The lowest BCUT2D eigenvalue weighted by atomic mass is 9.88. The fourth-order valence-electron chi connectivity index (χ4n) is 2.85. The monoisotopic (exact) mass is 350 g/mol. The van der Waals surface area contributed by atoms with Gasteiger partial charge in [-0.15, -0.1) is 0 Å². The number of nitrogens with one attached hydrogen (secondary N) is 1. The molecule has 3 rings (SSSR count). The Hall–Kier alpha value is -3.08. The smallest absolute Gasteiger partial charge is 0.258 e. The van der Waals surface area contributed by atoms with Crippen LogP contribution in [0.5, 0.6) is 5.88 Å². The van der Waals surface area contributed by atoms with Crippen LogP contribution in [0.3, 0.4) is 0 Å². The van der Waals surface area contributed by atoms with Crippen molar-refractivity contribution < 1.29 is 14.1 Å². The van der Waals surface area contributed by atoms with Crippen molar-refractivity contribution in [2.45, 2.75) is 19.3 Å². The van der Waals surface area contributed by atoms with Crippen LogP contribution in [-0.4, -0.2) is 24.2 Å². The van der Waals surface area contributed by atoms with E-state index < -0.39 is 0 Å². The molecule has 0 radical (unpaired) electrons. The number of carbonyl (C=O) groups is 1. The molecule has 0 saturated heterocycles.